The van der Waals surface area contributed by atoms with Crippen molar-refractivity contribution >= 4 is 28.5 Å². The summed E-state index contributed by atoms with van der Waals surface area (Å²) in [4.78, 5) is 15.7. The van der Waals surface area contributed by atoms with Gasteiger partial charge in [-0.05, 0) is 41.5 Å². The second-order valence-corrected chi connectivity index (χ2v) is 5.70. The highest BCUT2D eigenvalue weighted by molar-refractivity contribution is 6.35. The fraction of sp³-hybridized carbons (Fsp3) is 0.111. The molecule has 3 nitrogen and oxygen atoms in total. The summed E-state index contributed by atoms with van der Waals surface area (Å²) in [7, 11) is 1.23. The van der Waals surface area contributed by atoms with Crippen molar-refractivity contribution in [1.82, 2.24) is 4.98 Å². The molecule has 0 atom stereocenters. The number of alkyl halides is 3. The van der Waals surface area contributed by atoms with E-state index in [4.69, 9.17) is 11.6 Å². The molecule has 128 valence electrons. The Kier molecular flexibility index (Phi) is 4.39. The predicted molar refractivity (Wildman–Crippen MR) is 88.5 cm³/mol. The lowest BCUT2D eigenvalue weighted by Gasteiger charge is -2.10. The fourth-order valence-electron chi connectivity index (χ4n) is 2.45. The molecule has 0 fully saturated rings. The highest BCUT2D eigenvalue weighted by Crippen LogP contribution is 2.34. The van der Waals surface area contributed by atoms with Crippen LogP contribution in [0.25, 0.3) is 22.0 Å². The lowest BCUT2D eigenvalue weighted by Crippen LogP contribution is -2.05. The smallest absolute Gasteiger partial charge is 0.416 e. The third kappa shape index (κ3) is 3.44. The summed E-state index contributed by atoms with van der Waals surface area (Å²) in [5.41, 5.74) is 0.753. The molecule has 1 aromatic heterocycles. The Labute approximate surface area is 146 Å². The van der Waals surface area contributed by atoms with Gasteiger partial charge in [-0.3, -0.25) is 0 Å². The van der Waals surface area contributed by atoms with Crippen molar-refractivity contribution in [3.63, 3.8) is 0 Å². The molecule has 7 heteroatoms. The molecule has 0 amide bonds. The van der Waals surface area contributed by atoms with Crippen LogP contribution in [0.15, 0.2) is 48.5 Å². The number of fused-ring (bicyclic) bond motifs is 1. The van der Waals surface area contributed by atoms with E-state index in [1.165, 1.54) is 19.2 Å². The van der Waals surface area contributed by atoms with Crippen LogP contribution >= 0.6 is 11.6 Å². The molecule has 0 saturated heterocycles. The maximum atomic E-state index is 12.9. The number of halogens is 4. The van der Waals surface area contributed by atoms with E-state index < -0.39 is 17.7 Å². The third-order valence-corrected chi connectivity index (χ3v) is 3.99. The first kappa shape index (κ1) is 17.2. The molecule has 0 spiro atoms. The normalized spacial score (nSPS) is 11.6. The molecule has 0 unspecified atom stereocenters. The Morgan fingerprint density at radius 3 is 2.48 bits per heavy atom. The van der Waals surface area contributed by atoms with Crippen molar-refractivity contribution < 1.29 is 22.7 Å². The quantitative estimate of drug-likeness (QED) is 0.574. The van der Waals surface area contributed by atoms with Crippen LogP contribution in [0, 0.1) is 0 Å². The van der Waals surface area contributed by atoms with Crippen LogP contribution in [0.2, 0.25) is 5.02 Å². The van der Waals surface area contributed by atoms with Gasteiger partial charge in [0.25, 0.3) is 0 Å². The van der Waals surface area contributed by atoms with E-state index in [1.807, 2.05) is 0 Å². The number of hydrogen-bond donors (Lipinski definition) is 0. The number of nitrogens with zero attached hydrogens (tertiary/aromatic N) is 1. The van der Waals surface area contributed by atoms with E-state index in [0.717, 1.165) is 12.1 Å². The Hall–Kier alpha value is -2.60. The maximum absolute atomic E-state index is 12.9. The van der Waals surface area contributed by atoms with Crippen LogP contribution in [0.4, 0.5) is 13.2 Å². The van der Waals surface area contributed by atoms with E-state index in [9.17, 15) is 18.0 Å². The van der Waals surface area contributed by atoms with E-state index in [-0.39, 0.29) is 10.7 Å². The van der Waals surface area contributed by atoms with E-state index in [0.29, 0.717) is 22.0 Å². The fourth-order valence-corrected chi connectivity index (χ4v) is 2.70. The highest BCUT2D eigenvalue weighted by atomic mass is 35.5. The number of carbonyl (C=O) groups is 1. The Morgan fingerprint density at radius 1 is 1.08 bits per heavy atom. The number of aromatic nitrogens is 1. The summed E-state index contributed by atoms with van der Waals surface area (Å²) in [6, 6.07) is 11.3. The van der Waals surface area contributed by atoms with Crippen molar-refractivity contribution in [2.24, 2.45) is 0 Å². The lowest BCUT2D eigenvalue weighted by molar-refractivity contribution is -0.137. The zero-order valence-corrected chi connectivity index (χ0v) is 13.7. The number of carbonyl (C=O) groups excluding carboxylic acids is 1. The molecular formula is C18H11ClF3NO2. The zero-order valence-electron chi connectivity index (χ0n) is 12.9. The van der Waals surface area contributed by atoms with Gasteiger partial charge in [0.1, 0.15) is 0 Å². The van der Waals surface area contributed by atoms with Gasteiger partial charge in [0.15, 0.2) is 5.69 Å². The first-order valence-electron chi connectivity index (χ1n) is 7.16. The van der Waals surface area contributed by atoms with E-state index in [2.05, 4.69) is 9.72 Å². The molecule has 2 aromatic carbocycles. The van der Waals surface area contributed by atoms with Gasteiger partial charge >= 0.3 is 12.1 Å². The van der Waals surface area contributed by atoms with Crippen LogP contribution < -0.4 is 0 Å². The Morgan fingerprint density at radius 2 is 1.80 bits per heavy atom. The van der Waals surface area contributed by atoms with Gasteiger partial charge in [0.2, 0.25) is 0 Å². The molecule has 0 saturated carbocycles. The standard InChI is InChI=1S/C18H11ClF3NO2/c1-25-17(24)16-9-14(19)13-8-11(5-6-15(13)23-16)10-3-2-4-12(7-10)18(20,21)22/h2-9H,1H3. The van der Waals surface area contributed by atoms with Gasteiger partial charge in [-0.15, -0.1) is 0 Å². The average Bonchev–Trinajstić information content (AvgIpc) is 2.60. The monoisotopic (exact) mass is 365 g/mol. The minimum Gasteiger partial charge on any atom is -0.464 e. The topological polar surface area (TPSA) is 39.2 Å². The van der Waals surface area contributed by atoms with Crippen molar-refractivity contribution in [2.75, 3.05) is 7.11 Å². The van der Waals surface area contributed by atoms with Gasteiger partial charge in [0.05, 0.1) is 23.2 Å². The highest BCUT2D eigenvalue weighted by Gasteiger charge is 2.30. The Balaban J connectivity index is 2.11. The number of benzene rings is 2. The van der Waals surface area contributed by atoms with Crippen LogP contribution in [-0.4, -0.2) is 18.1 Å². The number of esters is 1. The average molecular weight is 366 g/mol. The molecule has 0 aliphatic heterocycles. The largest absolute Gasteiger partial charge is 0.464 e. The Bertz CT molecular complexity index is 970. The summed E-state index contributed by atoms with van der Waals surface area (Å²) >= 11 is 6.20. The van der Waals surface area contributed by atoms with Crippen LogP contribution in [0.3, 0.4) is 0 Å². The van der Waals surface area contributed by atoms with Crippen molar-refractivity contribution in [3.8, 4) is 11.1 Å². The van der Waals surface area contributed by atoms with E-state index >= 15 is 0 Å². The molecule has 25 heavy (non-hydrogen) atoms. The first-order valence-corrected chi connectivity index (χ1v) is 7.53. The van der Waals surface area contributed by atoms with Crippen molar-refractivity contribution in [1.29, 1.82) is 0 Å². The molecular weight excluding hydrogens is 355 g/mol. The number of rotatable bonds is 2. The summed E-state index contributed by atoms with van der Waals surface area (Å²) in [6.45, 7) is 0. The summed E-state index contributed by atoms with van der Waals surface area (Å²) in [5.74, 6) is -0.620. The second kappa shape index (κ2) is 6.37. The third-order valence-electron chi connectivity index (χ3n) is 3.68. The number of methoxy groups -OCH3 is 1. The molecule has 0 bridgehead atoms. The lowest BCUT2D eigenvalue weighted by atomic mass is 10.0. The minimum absolute atomic E-state index is 0.0619. The number of ether oxygens (including phenoxy) is 1. The second-order valence-electron chi connectivity index (χ2n) is 5.29. The summed E-state index contributed by atoms with van der Waals surface area (Å²) < 4.78 is 43.3. The molecule has 3 rings (SSSR count). The van der Waals surface area contributed by atoms with Crippen LogP contribution in [-0.2, 0) is 10.9 Å². The van der Waals surface area contributed by atoms with Crippen LogP contribution in [0.5, 0.6) is 0 Å². The SMILES string of the molecule is COC(=O)c1cc(Cl)c2cc(-c3cccc(C(F)(F)F)c3)ccc2n1. The van der Waals surface area contributed by atoms with Gasteiger partial charge in [-0.2, -0.15) is 13.2 Å². The summed E-state index contributed by atoms with van der Waals surface area (Å²) in [6.07, 6.45) is -4.42. The van der Waals surface area contributed by atoms with Crippen molar-refractivity contribution in [2.45, 2.75) is 6.18 Å². The predicted octanol–water partition coefficient (Wildman–Crippen LogP) is 5.36. The molecule has 1 heterocycles. The van der Waals surface area contributed by atoms with Crippen LogP contribution in [0.1, 0.15) is 16.1 Å². The molecule has 0 radical (unpaired) electrons. The number of hydrogen-bond acceptors (Lipinski definition) is 3. The number of pyridine rings is 1. The van der Waals surface area contributed by atoms with Gasteiger partial charge < -0.3 is 4.74 Å². The summed E-state index contributed by atoms with van der Waals surface area (Å²) in [5, 5.41) is 0.795. The first-order chi connectivity index (χ1) is 11.8. The van der Waals surface area contributed by atoms with Gasteiger partial charge in [-0.25, -0.2) is 9.78 Å². The van der Waals surface area contributed by atoms with Crippen molar-refractivity contribution in [3.05, 3.63) is 64.8 Å². The van der Waals surface area contributed by atoms with E-state index in [1.54, 1.807) is 24.3 Å². The molecule has 0 aliphatic carbocycles. The van der Waals surface area contributed by atoms with Gasteiger partial charge in [-0.1, -0.05) is 29.8 Å². The van der Waals surface area contributed by atoms with Gasteiger partial charge in [0, 0.05) is 5.39 Å². The maximum Gasteiger partial charge on any atom is 0.416 e. The zero-order chi connectivity index (χ0) is 18.2. The molecule has 0 aliphatic rings. The molecule has 3 aromatic rings. The minimum atomic E-state index is -4.42. The molecule has 0 N–H and O–H groups in total.